The lowest BCUT2D eigenvalue weighted by molar-refractivity contribution is -0.117. The molecule has 6 nitrogen and oxygen atoms in total. The number of benzene rings is 1. The van der Waals surface area contributed by atoms with Crippen LogP contribution in [0.25, 0.3) is 0 Å². The van der Waals surface area contributed by atoms with Gasteiger partial charge in [-0.3, -0.25) is 9.69 Å². The summed E-state index contributed by atoms with van der Waals surface area (Å²) in [4.78, 5) is 18.1. The smallest absolute Gasteiger partial charge is 0.238 e. The van der Waals surface area contributed by atoms with Gasteiger partial charge < -0.3 is 15.0 Å². The van der Waals surface area contributed by atoms with Gasteiger partial charge in [0.1, 0.15) is 5.82 Å². The number of aliphatic hydroxyl groups excluding tert-OH is 1. The highest BCUT2D eigenvalue weighted by molar-refractivity contribution is 5.92. The summed E-state index contributed by atoms with van der Waals surface area (Å²) in [5, 5.41) is 12.0. The molecule has 0 fully saturated rings. The summed E-state index contributed by atoms with van der Waals surface area (Å²) in [6.07, 6.45) is 3.58. The van der Waals surface area contributed by atoms with Gasteiger partial charge in [0, 0.05) is 31.7 Å². The molecule has 112 valence electrons. The van der Waals surface area contributed by atoms with Gasteiger partial charge in [-0.05, 0) is 12.1 Å². The van der Waals surface area contributed by atoms with E-state index in [9.17, 15) is 4.79 Å². The van der Waals surface area contributed by atoms with E-state index in [2.05, 4.69) is 10.3 Å². The summed E-state index contributed by atoms with van der Waals surface area (Å²) in [7, 11) is 1.91. The van der Waals surface area contributed by atoms with Crippen LogP contribution in [-0.2, 0) is 18.4 Å². The van der Waals surface area contributed by atoms with Gasteiger partial charge in [0.25, 0.3) is 0 Å². The van der Waals surface area contributed by atoms with Crippen LogP contribution in [0.4, 0.5) is 5.69 Å². The van der Waals surface area contributed by atoms with E-state index in [0.29, 0.717) is 13.1 Å². The number of nitrogens with zero attached hydrogens (tertiary/aromatic N) is 3. The topological polar surface area (TPSA) is 70.4 Å². The highest BCUT2D eigenvalue weighted by Crippen LogP contribution is 2.06. The molecule has 0 radical (unpaired) electrons. The first-order chi connectivity index (χ1) is 10.2. The third kappa shape index (κ3) is 4.70. The lowest BCUT2D eigenvalue weighted by Gasteiger charge is -2.20. The van der Waals surface area contributed by atoms with Gasteiger partial charge in [0.15, 0.2) is 0 Å². The van der Waals surface area contributed by atoms with E-state index in [-0.39, 0.29) is 19.1 Å². The predicted octanol–water partition coefficient (Wildman–Crippen LogP) is 0.853. The lowest BCUT2D eigenvalue weighted by Crippen LogP contribution is -2.35. The molecule has 21 heavy (non-hydrogen) atoms. The number of carbonyl (C=O) groups is 1. The molecule has 1 heterocycles. The number of aliphatic hydroxyl groups is 1. The molecule has 6 heteroatoms. The minimum Gasteiger partial charge on any atom is -0.395 e. The number of amides is 1. The fourth-order valence-electron chi connectivity index (χ4n) is 2.03. The average Bonchev–Trinajstić information content (AvgIpc) is 2.85. The van der Waals surface area contributed by atoms with E-state index in [1.165, 1.54) is 0 Å². The predicted molar refractivity (Wildman–Crippen MR) is 80.6 cm³/mol. The zero-order valence-electron chi connectivity index (χ0n) is 12.1. The second-order valence-electron chi connectivity index (χ2n) is 4.80. The van der Waals surface area contributed by atoms with Crippen molar-refractivity contribution in [3.63, 3.8) is 0 Å². The Morgan fingerprint density at radius 3 is 2.76 bits per heavy atom. The van der Waals surface area contributed by atoms with Crippen LogP contribution in [0.15, 0.2) is 42.7 Å². The number of carbonyl (C=O) groups excluding carboxylic acids is 1. The third-order valence-electron chi connectivity index (χ3n) is 3.13. The van der Waals surface area contributed by atoms with Crippen LogP contribution in [0, 0.1) is 0 Å². The van der Waals surface area contributed by atoms with Crippen molar-refractivity contribution in [3.8, 4) is 0 Å². The Morgan fingerprint density at radius 2 is 2.14 bits per heavy atom. The number of hydrogen-bond acceptors (Lipinski definition) is 4. The number of hydrogen-bond donors (Lipinski definition) is 2. The molecule has 2 aromatic rings. The zero-order valence-corrected chi connectivity index (χ0v) is 12.1. The summed E-state index contributed by atoms with van der Waals surface area (Å²) in [5.41, 5.74) is 0.767. The first-order valence-corrected chi connectivity index (χ1v) is 6.83. The second kappa shape index (κ2) is 7.56. The van der Waals surface area contributed by atoms with Crippen molar-refractivity contribution in [1.29, 1.82) is 0 Å². The lowest BCUT2D eigenvalue weighted by atomic mass is 10.3. The number of para-hydroxylation sites is 1. The number of nitrogens with one attached hydrogen (secondary N) is 1. The number of rotatable bonds is 7. The first kappa shape index (κ1) is 15.2. The molecule has 1 amide bonds. The molecule has 0 saturated carbocycles. The molecule has 1 aromatic heterocycles. The molecule has 0 bridgehead atoms. The Labute approximate surface area is 124 Å². The Morgan fingerprint density at radius 1 is 1.38 bits per heavy atom. The number of aryl methyl sites for hydroxylation is 1. The van der Waals surface area contributed by atoms with Crippen LogP contribution in [0.5, 0.6) is 0 Å². The molecular formula is C15H20N4O2. The van der Waals surface area contributed by atoms with Crippen LogP contribution in [0.2, 0.25) is 0 Å². The Kier molecular flexibility index (Phi) is 5.48. The van der Waals surface area contributed by atoms with Crippen molar-refractivity contribution in [2.24, 2.45) is 7.05 Å². The molecule has 0 unspecified atom stereocenters. The molecule has 0 saturated heterocycles. The summed E-state index contributed by atoms with van der Waals surface area (Å²) >= 11 is 0. The van der Waals surface area contributed by atoms with E-state index in [1.54, 1.807) is 6.20 Å². The van der Waals surface area contributed by atoms with Crippen LogP contribution in [-0.4, -0.2) is 45.2 Å². The van der Waals surface area contributed by atoms with Crippen molar-refractivity contribution < 1.29 is 9.90 Å². The third-order valence-corrected chi connectivity index (χ3v) is 3.13. The van der Waals surface area contributed by atoms with Crippen LogP contribution < -0.4 is 5.32 Å². The van der Waals surface area contributed by atoms with Gasteiger partial charge in [0.05, 0.1) is 19.7 Å². The molecule has 1 aromatic carbocycles. The highest BCUT2D eigenvalue weighted by atomic mass is 16.3. The maximum atomic E-state index is 12.0. The maximum Gasteiger partial charge on any atom is 0.238 e. The highest BCUT2D eigenvalue weighted by Gasteiger charge is 2.13. The van der Waals surface area contributed by atoms with Gasteiger partial charge in [-0.1, -0.05) is 18.2 Å². The summed E-state index contributed by atoms with van der Waals surface area (Å²) in [6.45, 7) is 1.16. The van der Waals surface area contributed by atoms with Crippen LogP contribution in [0.3, 0.4) is 0 Å². The van der Waals surface area contributed by atoms with Crippen molar-refractivity contribution in [2.45, 2.75) is 6.54 Å². The summed E-state index contributed by atoms with van der Waals surface area (Å²) < 4.78 is 1.90. The monoisotopic (exact) mass is 288 g/mol. The van der Waals surface area contributed by atoms with Gasteiger partial charge in [0.2, 0.25) is 5.91 Å². The minimum atomic E-state index is -0.108. The molecule has 0 aliphatic carbocycles. The fourth-order valence-corrected chi connectivity index (χ4v) is 2.03. The zero-order chi connectivity index (χ0) is 15.1. The Bertz CT molecular complexity index is 568. The molecule has 2 N–H and O–H groups in total. The molecule has 2 rings (SSSR count). The van der Waals surface area contributed by atoms with E-state index >= 15 is 0 Å². The SMILES string of the molecule is Cn1ccnc1CN(CCO)CC(=O)Nc1ccccc1. The molecule has 0 aliphatic heterocycles. The minimum absolute atomic E-state index is 0.00302. The van der Waals surface area contributed by atoms with Crippen molar-refractivity contribution in [1.82, 2.24) is 14.5 Å². The van der Waals surface area contributed by atoms with Gasteiger partial charge >= 0.3 is 0 Å². The average molecular weight is 288 g/mol. The number of aromatic nitrogens is 2. The van der Waals surface area contributed by atoms with Gasteiger partial charge in [-0.25, -0.2) is 4.98 Å². The van der Waals surface area contributed by atoms with Crippen molar-refractivity contribution in [2.75, 3.05) is 25.0 Å². The Balaban J connectivity index is 1.93. The first-order valence-electron chi connectivity index (χ1n) is 6.83. The molecule has 0 aliphatic rings. The number of imidazole rings is 1. The van der Waals surface area contributed by atoms with Gasteiger partial charge in [-0.2, -0.15) is 0 Å². The quantitative estimate of drug-likeness (QED) is 0.792. The van der Waals surface area contributed by atoms with Crippen LogP contribution >= 0.6 is 0 Å². The molecule has 0 atom stereocenters. The van der Waals surface area contributed by atoms with E-state index in [1.807, 2.05) is 53.0 Å². The normalized spacial score (nSPS) is 10.8. The van der Waals surface area contributed by atoms with Crippen LogP contribution in [0.1, 0.15) is 5.82 Å². The largest absolute Gasteiger partial charge is 0.395 e. The van der Waals surface area contributed by atoms with E-state index in [4.69, 9.17) is 5.11 Å². The summed E-state index contributed by atoms with van der Waals surface area (Å²) in [5.74, 6) is 0.750. The van der Waals surface area contributed by atoms with Crippen molar-refractivity contribution >= 4 is 11.6 Å². The van der Waals surface area contributed by atoms with Crippen molar-refractivity contribution in [3.05, 3.63) is 48.5 Å². The molecule has 0 spiro atoms. The molecular weight excluding hydrogens is 268 g/mol. The standard InChI is InChI=1S/C15H20N4O2/c1-18-8-7-16-14(18)11-19(9-10-20)12-15(21)17-13-5-3-2-4-6-13/h2-8,20H,9-12H2,1H3,(H,17,21). The maximum absolute atomic E-state index is 12.0. The Hall–Kier alpha value is -2.18. The van der Waals surface area contributed by atoms with E-state index in [0.717, 1.165) is 11.5 Å². The number of anilines is 1. The summed E-state index contributed by atoms with van der Waals surface area (Å²) in [6, 6.07) is 9.32. The van der Waals surface area contributed by atoms with Gasteiger partial charge in [-0.15, -0.1) is 0 Å². The van der Waals surface area contributed by atoms with E-state index < -0.39 is 0 Å². The fraction of sp³-hybridized carbons (Fsp3) is 0.333. The second-order valence-corrected chi connectivity index (χ2v) is 4.80.